The Kier molecular flexibility index (Phi) is 9.12. The van der Waals surface area contributed by atoms with Gasteiger partial charge in [-0.25, -0.2) is 9.97 Å². The minimum absolute atomic E-state index is 0.160. The lowest BCUT2D eigenvalue weighted by Crippen LogP contribution is -2.28. The van der Waals surface area contributed by atoms with E-state index in [1.807, 2.05) is 18.2 Å². The summed E-state index contributed by atoms with van der Waals surface area (Å²) in [5.74, 6) is 0.713. The molecule has 2 aliphatic carbocycles. The van der Waals surface area contributed by atoms with E-state index in [9.17, 15) is 0 Å². The fourth-order valence-electron chi connectivity index (χ4n) is 9.84. The van der Waals surface area contributed by atoms with E-state index in [0.717, 1.165) is 33.6 Å². The van der Waals surface area contributed by atoms with Gasteiger partial charge in [-0.05, 0) is 104 Å². The molecule has 0 unspecified atom stereocenters. The number of nitrogens with zero attached hydrogens (tertiary/aromatic N) is 2. The van der Waals surface area contributed by atoms with Gasteiger partial charge in [-0.3, -0.25) is 0 Å². The van der Waals surface area contributed by atoms with Crippen molar-refractivity contribution in [2.75, 3.05) is 0 Å². The largest absolute Gasteiger partial charge is 0.228 e. The van der Waals surface area contributed by atoms with E-state index in [1.54, 1.807) is 5.56 Å². The maximum absolute atomic E-state index is 5.14. The van der Waals surface area contributed by atoms with Crippen LogP contribution in [-0.2, 0) is 5.41 Å². The third-order valence-electron chi connectivity index (χ3n) is 12.9. The molecule has 1 aromatic heterocycles. The lowest BCUT2D eigenvalue weighted by atomic mass is 9.67. The van der Waals surface area contributed by atoms with Gasteiger partial charge in [0.15, 0.2) is 5.82 Å². The number of benzene rings is 8. The molecule has 1 fully saturated rings. The molecule has 0 amide bonds. The first-order chi connectivity index (χ1) is 29.7. The highest BCUT2D eigenvalue weighted by molar-refractivity contribution is 5.85. The summed E-state index contributed by atoms with van der Waals surface area (Å²) in [6.45, 7) is 0. The highest BCUT2D eigenvalue weighted by Gasteiger charge is 2.43. The maximum atomic E-state index is 5.14. The lowest BCUT2D eigenvalue weighted by molar-refractivity contribution is 0.353. The van der Waals surface area contributed by atoms with Gasteiger partial charge in [0, 0.05) is 22.1 Å². The third-order valence-corrected chi connectivity index (χ3v) is 12.9. The number of fused-ring (bicyclic) bond motifs is 5. The van der Waals surface area contributed by atoms with Crippen LogP contribution in [0.5, 0.6) is 0 Å². The van der Waals surface area contributed by atoms with Crippen LogP contribution < -0.4 is 0 Å². The molecular formula is C58H44N2. The summed E-state index contributed by atoms with van der Waals surface area (Å²) >= 11 is 0. The van der Waals surface area contributed by atoms with Crippen LogP contribution in [0.1, 0.15) is 43.2 Å². The van der Waals surface area contributed by atoms with Crippen molar-refractivity contribution in [3.05, 3.63) is 217 Å². The quantitative estimate of drug-likeness (QED) is 0.161. The molecule has 0 radical (unpaired) electrons. The SMILES string of the molecule is c1ccc(-c2ccc(-c3cc(-c4cccc(-c5cccc(-c6ccc(-c7ccc8c(c7)C7(CCCCC7)c7ccccc7-8)cc6)c5)c4)nc(-c4ccccc4)n3)cc2)cc1. The molecule has 286 valence electrons. The van der Waals surface area contributed by atoms with Crippen molar-refractivity contribution < 1.29 is 0 Å². The summed E-state index contributed by atoms with van der Waals surface area (Å²) < 4.78 is 0. The van der Waals surface area contributed by atoms with E-state index in [-0.39, 0.29) is 5.41 Å². The van der Waals surface area contributed by atoms with E-state index in [4.69, 9.17) is 9.97 Å². The zero-order chi connectivity index (χ0) is 39.9. The zero-order valence-corrected chi connectivity index (χ0v) is 33.6. The van der Waals surface area contributed by atoms with E-state index >= 15 is 0 Å². The van der Waals surface area contributed by atoms with Crippen LogP contribution in [0, 0.1) is 0 Å². The Balaban J connectivity index is 0.895. The molecule has 9 aromatic rings. The summed E-state index contributed by atoms with van der Waals surface area (Å²) in [5.41, 5.74) is 20.7. The zero-order valence-electron chi connectivity index (χ0n) is 33.6. The van der Waals surface area contributed by atoms with Crippen molar-refractivity contribution in [1.82, 2.24) is 9.97 Å². The molecule has 1 heterocycles. The molecule has 0 atom stereocenters. The number of hydrogen-bond donors (Lipinski definition) is 0. The minimum atomic E-state index is 0.160. The standard InChI is InChI=1S/C58H44N2/c1-4-14-40(15-5-1)41-28-30-44(31-29-41)55-39-56(60-57(59-55)45-16-6-2-7-17-45)50-21-13-20-48(37-50)47-19-12-18-46(36-47)42-24-26-43(27-25-42)49-32-33-52-51-22-8-9-23-53(51)58(54(52)38-49)34-10-3-11-35-58/h1-2,4-9,12-33,36-39H,3,10-11,34-35H2. The van der Waals surface area contributed by atoms with Gasteiger partial charge < -0.3 is 0 Å². The predicted molar refractivity (Wildman–Crippen MR) is 249 cm³/mol. The van der Waals surface area contributed by atoms with Gasteiger partial charge in [-0.2, -0.15) is 0 Å². The lowest BCUT2D eigenvalue weighted by Gasteiger charge is -2.36. The van der Waals surface area contributed by atoms with Gasteiger partial charge in [0.25, 0.3) is 0 Å². The van der Waals surface area contributed by atoms with E-state index in [2.05, 4.69) is 188 Å². The first kappa shape index (κ1) is 36.0. The molecule has 60 heavy (non-hydrogen) atoms. The van der Waals surface area contributed by atoms with Gasteiger partial charge in [-0.1, -0.05) is 201 Å². The minimum Gasteiger partial charge on any atom is -0.228 e. The molecule has 2 nitrogen and oxygen atoms in total. The first-order valence-corrected chi connectivity index (χ1v) is 21.4. The van der Waals surface area contributed by atoms with Gasteiger partial charge in [0.05, 0.1) is 11.4 Å². The van der Waals surface area contributed by atoms with Crippen molar-refractivity contribution in [3.8, 4) is 89.5 Å². The molecule has 0 N–H and O–H groups in total. The van der Waals surface area contributed by atoms with Gasteiger partial charge in [-0.15, -0.1) is 0 Å². The second kappa shape index (κ2) is 15.2. The number of aromatic nitrogens is 2. The van der Waals surface area contributed by atoms with E-state index in [1.165, 1.54) is 87.7 Å². The van der Waals surface area contributed by atoms with Gasteiger partial charge in [0.1, 0.15) is 0 Å². The summed E-state index contributed by atoms with van der Waals surface area (Å²) in [6.07, 6.45) is 6.45. The Morgan fingerprint density at radius 1 is 0.283 bits per heavy atom. The molecule has 1 saturated carbocycles. The molecule has 0 aliphatic heterocycles. The highest BCUT2D eigenvalue weighted by Crippen LogP contribution is 2.56. The normalized spacial score (nSPS) is 13.8. The van der Waals surface area contributed by atoms with Crippen LogP contribution in [-0.4, -0.2) is 9.97 Å². The van der Waals surface area contributed by atoms with Crippen LogP contribution >= 0.6 is 0 Å². The van der Waals surface area contributed by atoms with Crippen LogP contribution in [0.15, 0.2) is 206 Å². The van der Waals surface area contributed by atoms with Crippen LogP contribution in [0.25, 0.3) is 89.5 Å². The van der Waals surface area contributed by atoms with Crippen molar-refractivity contribution in [2.45, 2.75) is 37.5 Å². The molecular weight excluding hydrogens is 725 g/mol. The molecule has 0 bridgehead atoms. The topological polar surface area (TPSA) is 25.8 Å². The number of rotatable bonds is 7. The second-order valence-electron chi connectivity index (χ2n) is 16.5. The van der Waals surface area contributed by atoms with Gasteiger partial charge >= 0.3 is 0 Å². The Bertz CT molecular complexity index is 2980. The molecule has 2 aliphatic rings. The molecule has 2 heteroatoms. The Labute approximate surface area is 353 Å². The van der Waals surface area contributed by atoms with Crippen LogP contribution in [0.2, 0.25) is 0 Å². The fraction of sp³-hybridized carbons (Fsp3) is 0.103. The molecule has 11 rings (SSSR count). The number of hydrogen-bond acceptors (Lipinski definition) is 2. The van der Waals surface area contributed by atoms with Gasteiger partial charge in [0.2, 0.25) is 0 Å². The highest BCUT2D eigenvalue weighted by atomic mass is 14.9. The molecule has 1 spiro atoms. The smallest absolute Gasteiger partial charge is 0.160 e. The maximum Gasteiger partial charge on any atom is 0.160 e. The average molecular weight is 769 g/mol. The Morgan fingerprint density at radius 2 is 0.717 bits per heavy atom. The van der Waals surface area contributed by atoms with Crippen molar-refractivity contribution in [2.24, 2.45) is 0 Å². The fourth-order valence-corrected chi connectivity index (χ4v) is 9.84. The predicted octanol–water partition coefficient (Wildman–Crippen LogP) is 15.4. The van der Waals surface area contributed by atoms with Crippen LogP contribution in [0.4, 0.5) is 0 Å². The van der Waals surface area contributed by atoms with Crippen molar-refractivity contribution >= 4 is 0 Å². The van der Waals surface area contributed by atoms with Crippen molar-refractivity contribution in [1.29, 1.82) is 0 Å². The summed E-state index contributed by atoms with van der Waals surface area (Å²) in [6, 6.07) is 74.7. The van der Waals surface area contributed by atoms with Crippen molar-refractivity contribution in [3.63, 3.8) is 0 Å². The van der Waals surface area contributed by atoms with E-state index < -0.39 is 0 Å². The Morgan fingerprint density at radius 3 is 1.38 bits per heavy atom. The van der Waals surface area contributed by atoms with Crippen LogP contribution in [0.3, 0.4) is 0 Å². The Hall–Kier alpha value is -7.16. The molecule has 0 saturated heterocycles. The third kappa shape index (κ3) is 6.55. The monoisotopic (exact) mass is 768 g/mol. The first-order valence-electron chi connectivity index (χ1n) is 21.4. The molecule has 8 aromatic carbocycles. The summed E-state index contributed by atoms with van der Waals surface area (Å²) in [4.78, 5) is 10.2. The average Bonchev–Trinajstić information content (AvgIpc) is 3.60. The summed E-state index contributed by atoms with van der Waals surface area (Å²) in [7, 11) is 0. The second-order valence-corrected chi connectivity index (χ2v) is 16.5. The van der Waals surface area contributed by atoms with E-state index in [0.29, 0.717) is 5.82 Å². The summed E-state index contributed by atoms with van der Waals surface area (Å²) in [5, 5.41) is 0.